The molecule has 0 spiro atoms. The van der Waals surface area contributed by atoms with E-state index in [1.165, 1.54) is 45.1 Å². The zero-order valence-corrected chi connectivity index (χ0v) is 13.1. The second-order valence-corrected chi connectivity index (χ2v) is 6.69. The summed E-state index contributed by atoms with van der Waals surface area (Å²) in [5.74, 6) is 0.923. The van der Waals surface area contributed by atoms with Gasteiger partial charge in [-0.05, 0) is 50.3 Å². The Bertz CT molecular complexity index is 605. The summed E-state index contributed by atoms with van der Waals surface area (Å²) in [4.78, 5) is 4.41. The molecule has 0 bridgehead atoms. The average Bonchev–Trinajstić information content (AvgIpc) is 3.05. The maximum absolute atomic E-state index is 4.68. The smallest absolute Gasteiger partial charge is 0.0971 e. The normalized spacial score (nSPS) is 25.8. The van der Waals surface area contributed by atoms with Gasteiger partial charge in [0, 0.05) is 12.6 Å². The van der Waals surface area contributed by atoms with Crippen LogP contribution in [0.5, 0.6) is 0 Å². The molecule has 2 aliphatic rings. The van der Waals surface area contributed by atoms with E-state index in [9.17, 15) is 0 Å². The van der Waals surface area contributed by atoms with Gasteiger partial charge >= 0.3 is 0 Å². The van der Waals surface area contributed by atoms with E-state index in [-0.39, 0.29) is 0 Å². The van der Waals surface area contributed by atoms with Crippen LogP contribution in [0, 0.1) is 5.92 Å². The minimum atomic E-state index is 0.782. The number of fused-ring (bicyclic) bond motifs is 1. The van der Waals surface area contributed by atoms with Crippen LogP contribution in [0.3, 0.4) is 0 Å². The Balaban J connectivity index is 1.48. The fraction of sp³-hybridized carbons (Fsp3) is 0.556. The lowest BCUT2D eigenvalue weighted by Crippen LogP contribution is -2.46. The van der Waals surface area contributed by atoms with Crippen molar-refractivity contribution in [3.05, 3.63) is 42.2 Å². The van der Waals surface area contributed by atoms with Crippen molar-refractivity contribution in [1.82, 2.24) is 19.9 Å². The summed E-state index contributed by atoms with van der Waals surface area (Å²) < 4.78 is 0. The number of rotatable bonds is 3. The Morgan fingerprint density at radius 3 is 2.73 bits per heavy atom. The largest absolute Gasteiger partial charge is 0.294 e. The van der Waals surface area contributed by atoms with E-state index in [0.717, 1.165) is 29.9 Å². The first kappa shape index (κ1) is 13.9. The number of likely N-dealkylation sites (tertiary alicyclic amines) is 1. The first-order valence-corrected chi connectivity index (χ1v) is 8.61. The molecule has 4 heteroatoms. The molecule has 1 saturated heterocycles. The van der Waals surface area contributed by atoms with E-state index < -0.39 is 0 Å². The second kappa shape index (κ2) is 6.21. The molecule has 1 aliphatic carbocycles. The number of hydrogen-bond acceptors (Lipinski definition) is 3. The molecule has 4 nitrogen and oxygen atoms in total. The molecule has 1 aromatic heterocycles. The van der Waals surface area contributed by atoms with Crippen molar-refractivity contribution >= 4 is 0 Å². The molecule has 0 amide bonds. The van der Waals surface area contributed by atoms with E-state index in [0.29, 0.717) is 0 Å². The summed E-state index contributed by atoms with van der Waals surface area (Å²) in [6.45, 7) is 2.17. The molecule has 116 valence electrons. The second-order valence-electron chi connectivity index (χ2n) is 6.69. The van der Waals surface area contributed by atoms with Gasteiger partial charge in [0.1, 0.15) is 0 Å². The number of para-hydroxylation sites is 1. The summed E-state index contributed by atoms with van der Waals surface area (Å²) in [5, 5.41) is 9.11. The third-order valence-corrected chi connectivity index (χ3v) is 5.25. The van der Waals surface area contributed by atoms with Gasteiger partial charge in [-0.1, -0.05) is 31.0 Å². The van der Waals surface area contributed by atoms with Gasteiger partial charge < -0.3 is 0 Å². The van der Waals surface area contributed by atoms with Gasteiger partial charge in [0.15, 0.2) is 0 Å². The molecule has 1 aromatic carbocycles. The van der Waals surface area contributed by atoms with Crippen LogP contribution in [0.15, 0.2) is 36.5 Å². The summed E-state index contributed by atoms with van der Waals surface area (Å²) in [5.41, 5.74) is 2.12. The number of hydrogen-bond donors (Lipinski definition) is 0. The van der Waals surface area contributed by atoms with E-state index in [1.807, 2.05) is 36.5 Å². The summed E-state index contributed by atoms with van der Waals surface area (Å²) in [6.07, 6.45) is 10.3. The minimum Gasteiger partial charge on any atom is -0.294 e. The molecule has 2 atom stereocenters. The molecule has 2 aromatic rings. The van der Waals surface area contributed by atoms with Crippen molar-refractivity contribution in [2.75, 3.05) is 6.54 Å². The third-order valence-electron chi connectivity index (χ3n) is 5.25. The Morgan fingerprint density at radius 1 is 1.00 bits per heavy atom. The van der Waals surface area contributed by atoms with Crippen molar-refractivity contribution in [3.63, 3.8) is 0 Å². The SMILES string of the molecule is c1ccc(-n2ncc(CN3CCC[C@H]4CCCC[C@@H]43)n2)cc1. The highest BCUT2D eigenvalue weighted by molar-refractivity contribution is 5.28. The highest BCUT2D eigenvalue weighted by Gasteiger charge is 2.33. The van der Waals surface area contributed by atoms with Crippen LogP contribution in [-0.4, -0.2) is 32.5 Å². The van der Waals surface area contributed by atoms with Crippen LogP contribution in [0.1, 0.15) is 44.2 Å². The Kier molecular flexibility index (Phi) is 3.94. The molecule has 22 heavy (non-hydrogen) atoms. The topological polar surface area (TPSA) is 34.0 Å². The Morgan fingerprint density at radius 2 is 1.82 bits per heavy atom. The minimum absolute atomic E-state index is 0.782. The quantitative estimate of drug-likeness (QED) is 0.870. The molecular weight excluding hydrogens is 272 g/mol. The fourth-order valence-electron chi connectivity index (χ4n) is 4.19. The zero-order valence-electron chi connectivity index (χ0n) is 13.1. The van der Waals surface area contributed by atoms with Crippen molar-refractivity contribution in [2.45, 2.75) is 51.1 Å². The number of aromatic nitrogens is 3. The average molecular weight is 296 g/mol. The van der Waals surface area contributed by atoms with Crippen molar-refractivity contribution < 1.29 is 0 Å². The van der Waals surface area contributed by atoms with Crippen molar-refractivity contribution in [3.8, 4) is 5.69 Å². The predicted octanol–water partition coefficient (Wildman–Crippen LogP) is 3.42. The number of benzene rings is 1. The fourth-order valence-corrected chi connectivity index (χ4v) is 4.19. The molecule has 4 rings (SSSR count). The maximum atomic E-state index is 4.68. The monoisotopic (exact) mass is 296 g/mol. The summed E-state index contributed by atoms with van der Waals surface area (Å²) >= 11 is 0. The van der Waals surface area contributed by atoms with Gasteiger partial charge in [0.25, 0.3) is 0 Å². The molecular formula is C18H24N4. The maximum Gasteiger partial charge on any atom is 0.0971 e. The van der Waals surface area contributed by atoms with E-state index in [1.54, 1.807) is 4.80 Å². The first-order chi connectivity index (χ1) is 10.9. The molecule has 2 heterocycles. The van der Waals surface area contributed by atoms with Gasteiger partial charge in [-0.2, -0.15) is 15.0 Å². The van der Waals surface area contributed by atoms with Gasteiger partial charge in [-0.25, -0.2) is 0 Å². The van der Waals surface area contributed by atoms with Crippen molar-refractivity contribution in [1.29, 1.82) is 0 Å². The van der Waals surface area contributed by atoms with Gasteiger partial charge in [0.2, 0.25) is 0 Å². The number of nitrogens with zero attached hydrogens (tertiary/aromatic N) is 4. The van der Waals surface area contributed by atoms with E-state index in [2.05, 4.69) is 15.1 Å². The standard InChI is InChI=1S/C18H24N4/c1-2-9-17(10-3-1)22-19-13-16(20-22)14-21-12-6-8-15-7-4-5-11-18(15)21/h1-3,9-10,13,15,18H,4-8,11-12,14H2/t15-,18+/m1/s1. The lowest BCUT2D eigenvalue weighted by atomic mass is 9.78. The van der Waals surface area contributed by atoms with Gasteiger partial charge in [-0.3, -0.25) is 4.90 Å². The predicted molar refractivity (Wildman–Crippen MR) is 86.7 cm³/mol. The molecule has 0 unspecified atom stereocenters. The zero-order chi connectivity index (χ0) is 14.8. The van der Waals surface area contributed by atoms with Crippen LogP contribution in [0.4, 0.5) is 0 Å². The molecule has 0 radical (unpaired) electrons. The number of piperidine rings is 1. The van der Waals surface area contributed by atoms with Crippen LogP contribution >= 0.6 is 0 Å². The Hall–Kier alpha value is -1.68. The molecule has 0 N–H and O–H groups in total. The molecule has 1 aliphatic heterocycles. The van der Waals surface area contributed by atoms with Crippen LogP contribution in [-0.2, 0) is 6.54 Å². The molecule has 1 saturated carbocycles. The molecule has 2 fully saturated rings. The Labute approximate surface area is 132 Å². The highest BCUT2D eigenvalue weighted by atomic mass is 15.5. The van der Waals surface area contributed by atoms with E-state index >= 15 is 0 Å². The van der Waals surface area contributed by atoms with Crippen molar-refractivity contribution in [2.24, 2.45) is 5.92 Å². The summed E-state index contributed by atoms with van der Waals surface area (Å²) in [7, 11) is 0. The van der Waals surface area contributed by atoms with E-state index in [4.69, 9.17) is 0 Å². The lowest BCUT2D eigenvalue weighted by molar-refractivity contribution is 0.0536. The first-order valence-electron chi connectivity index (χ1n) is 8.61. The summed E-state index contributed by atoms with van der Waals surface area (Å²) in [6, 6.07) is 10.9. The third kappa shape index (κ3) is 2.80. The lowest BCUT2D eigenvalue weighted by Gasteiger charge is -2.43. The highest BCUT2D eigenvalue weighted by Crippen LogP contribution is 2.35. The van der Waals surface area contributed by atoms with Gasteiger partial charge in [-0.15, -0.1) is 0 Å². The van der Waals surface area contributed by atoms with Gasteiger partial charge in [0.05, 0.1) is 17.6 Å². The van der Waals surface area contributed by atoms with Crippen LogP contribution < -0.4 is 0 Å². The van der Waals surface area contributed by atoms with Crippen LogP contribution in [0.25, 0.3) is 5.69 Å². The van der Waals surface area contributed by atoms with Crippen LogP contribution in [0.2, 0.25) is 0 Å².